The molecule has 0 aliphatic carbocycles. The van der Waals surface area contributed by atoms with E-state index in [-0.39, 0.29) is 5.56 Å². The molecule has 27 heavy (non-hydrogen) atoms. The van der Waals surface area contributed by atoms with Gasteiger partial charge in [0.25, 0.3) is 5.56 Å². The Morgan fingerprint density at radius 2 is 2.00 bits per heavy atom. The Balaban J connectivity index is 1.61. The number of aromatic amines is 1. The zero-order valence-electron chi connectivity index (χ0n) is 15.7. The van der Waals surface area contributed by atoms with Gasteiger partial charge >= 0.3 is 5.97 Å². The van der Waals surface area contributed by atoms with Gasteiger partial charge in [-0.15, -0.1) is 0 Å². The van der Waals surface area contributed by atoms with E-state index in [2.05, 4.69) is 34.0 Å². The van der Waals surface area contributed by atoms with Crippen LogP contribution in [0.2, 0.25) is 0 Å². The van der Waals surface area contributed by atoms with Gasteiger partial charge in [0, 0.05) is 24.8 Å². The molecule has 2 fully saturated rings. The fraction of sp³-hybridized carbons (Fsp3) is 0.429. The number of H-pyrrole nitrogens is 1. The third-order valence-corrected chi connectivity index (χ3v) is 6.08. The third-order valence-electron chi connectivity index (χ3n) is 6.08. The van der Waals surface area contributed by atoms with Crippen LogP contribution in [0.25, 0.3) is 11.3 Å². The summed E-state index contributed by atoms with van der Waals surface area (Å²) in [6.07, 6.45) is 1.92. The van der Waals surface area contributed by atoms with Gasteiger partial charge in [-0.05, 0) is 61.7 Å². The lowest BCUT2D eigenvalue weighted by atomic mass is 10.0. The highest BCUT2D eigenvalue weighted by atomic mass is 16.4. The standard InChI is InChI=1S/C21H25N3O3/c1-3-13-10-17(21(26)27)20(25)22-19(13)14-4-6-16(7-5-14)24-11-15-8-9-23(2)18(15)12-24/h4-7,10,15,18H,3,8-9,11-12H2,1-2H3,(H,22,25)(H,26,27)/t15-,18+/m1/s1. The first kappa shape index (κ1) is 17.8. The van der Waals surface area contributed by atoms with Crippen molar-refractivity contribution in [3.05, 3.63) is 51.8 Å². The van der Waals surface area contributed by atoms with E-state index in [1.165, 1.54) is 24.7 Å². The first-order chi connectivity index (χ1) is 13.0. The van der Waals surface area contributed by atoms with Crippen LogP contribution in [-0.2, 0) is 6.42 Å². The molecule has 2 atom stereocenters. The van der Waals surface area contributed by atoms with Gasteiger partial charge in [0.1, 0.15) is 5.56 Å². The minimum atomic E-state index is -1.20. The van der Waals surface area contributed by atoms with Crippen molar-refractivity contribution in [2.24, 2.45) is 5.92 Å². The Kier molecular flexibility index (Phi) is 4.52. The minimum Gasteiger partial charge on any atom is -0.477 e. The third kappa shape index (κ3) is 3.14. The van der Waals surface area contributed by atoms with Gasteiger partial charge in [-0.3, -0.25) is 4.79 Å². The van der Waals surface area contributed by atoms with E-state index >= 15 is 0 Å². The van der Waals surface area contributed by atoms with Gasteiger partial charge in [0.2, 0.25) is 0 Å². The molecule has 2 aliphatic heterocycles. The van der Waals surface area contributed by atoms with Crippen LogP contribution in [0.4, 0.5) is 5.69 Å². The Labute approximate surface area is 158 Å². The summed E-state index contributed by atoms with van der Waals surface area (Å²) in [7, 11) is 2.21. The molecule has 0 unspecified atom stereocenters. The molecule has 1 aromatic heterocycles. The molecule has 0 radical (unpaired) electrons. The van der Waals surface area contributed by atoms with Crippen LogP contribution in [0.3, 0.4) is 0 Å². The second-order valence-corrected chi connectivity index (χ2v) is 7.62. The topological polar surface area (TPSA) is 76.6 Å². The molecule has 6 heteroatoms. The number of nitrogens with zero attached hydrogens (tertiary/aromatic N) is 2. The first-order valence-electron chi connectivity index (χ1n) is 9.53. The lowest BCUT2D eigenvalue weighted by Crippen LogP contribution is -2.32. The van der Waals surface area contributed by atoms with Crippen molar-refractivity contribution in [1.29, 1.82) is 0 Å². The van der Waals surface area contributed by atoms with E-state index in [9.17, 15) is 9.59 Å². The summed E-state index contributed by atoms with van der Waals surface area (Å²) >= 11 is 0. The fourth-order valence-corrected chi connectivity index (χ4v) is 4.49. The summed E-state index contributed by atoms with van der Waals surface area (Å²) in [5.74, 6) is -0.446. The van der Waals surface area contributed by atoms with Crippen molar-refractivity contribution in [1.82, 2.24) is 9.88 Å². The molecule has 0 saturated carbocycles. The maximum absolute atomic E-state index is 12.1. The van der Waals surface area contributed by atoms with Crippen molar-refractivity contribution < 1.29 is 9.90 Å². The molecule has 4 rings (SSSR count). The summed E-state index contributed by atoms with van der Waals surface area (Å²) in [5.41, 5.74) is 2.87. The smallest absolute Gasteiger partial charge is 0.341 e. The second-order valence-electron chi connectivity index (χ2n) is 7.62. The van der Waals surface area contributed by atoms with E-state index in [1.54, 1.807) is 0 Å². The summed E-state index contributed by atoms with van der Waals surface area (Å²) in [6, 6.07) is 10.4. The number of anilines is 1. The average Bonchev–Trinajstić information content (AvgIpc) is 3.23. The van der Waals surface area contributed by atoms with Crippen LogP contribution in [0.1, 0.15) is 29.3 Å². The fourth-order valence-electron chi connectivity index (χ4n) is 4.49. The second kappa shape index (κ2) is 6.85. The zero-order chi connectivity index (χ0) is 19.1. The van der Waals surface area contributed by atoms with Crippen LogP contribution >= 0.6 is 0 Å². The van der Waals surface area contributed by atoms with Crippen LogP contribution in [0.5, 0.6) is 0 Å². The van der Waals surface area contributed by atoms with Crippen LogP contribution in [0.15, 0.2) is 35.1 Å². The normalized spacial score (nSPS) is 22.2. The molecule has 1 aromatic carbocycles. The number of likely N-dealkylation sites (N-methyl/N-ethyl adjacent to an activating group) is 1. The Morgan fingerprint density at radius 3 is 2.63 bits per heavy atom. The number of carboxylic acids is 1. The summed E-state index contributed by atoms with van der Waals surface area (Å²) in [4.78, 5) is 31.0. The van der Waals surface area contributed by atoms with E-state index in [1.807, 2.05) is 19.1 Å². The number of aryl methyl sites for hydroxylation is 1. The molecule has 2 aromatic rings. The maximum Gasteiger partial charge on any atom is 0.341 e. The van der Waals surface area contributed by atoms with E-state index in [0.717, 1.165) is 30.1 Å². The molecule has 0 spiro atoms. The van der Waals surface area contributed by atoms with Gasteiger partial charge in [0.05, 0.1) is 5.69 Å². The van der Waals surface area contributed by atoms with Crippen molar-refractivity contribution in [2.45, 2.75) is 25.8 Å². The van der Waals surface area contributed by atoms with E-state index < -0.39 is 11.5 Å². The van der Waals surface area contributed by atoms with Crippen LogP contribution in [0, 0.1) is 5.92 Å². The SMILES string of the molecule is CCc1cc(C(=O)O)c(=O)[nH]c1-c1ccc(N2C[C@H]3CCN(C)[C@H]3C2)cc1. The van der Waals surface area contributed by atoms with Gasteiger partial charge in [0.15, 0.2) is 0 Å². The molecule has 2 aliphatic rings. The van der Waals surface area contributed by atoms with Crippen molar-refractivity contribution in [2.75, 3.05) is 31.6 Å². The number of benzene rings is 1. The number of rotatable bonds is 4. The number of nitrogens with one attached hydrogen (secondary N) is 1. The molecular formula is C21H25N3O3. The number of fused-ring (bicyclic) bond motifs is 1. The maximum atomic E-state index is 12.1. The monoisotopic (exact) mass is 367 g/mol. The van der Waals surface area contributed by atoms with Gasteiger partial charge in [-0.2, -0.15) is 0 Å². The van der Waals surface area contributed by atoms with E-state index in [4.69, 9.17) is 5.11 Å². The van der Waals surface area contributed by atoms with Crippen molar-refractivity contribution in [3.63, 3.8) is 0 Å². The van der Waals surface area contributed by atoms with Gasteiger partial charge in [-0.25, -0.2) is 4.79 Å². The molecule has 0 bridgehead atoms. The predicted molar refractivity (Wildman–Crippen MR) is 106 cm³/mol. The number of aromatic nitrogens is 1. The van der Waals surface area contributed by atoms with Crippen molar-refractivity contribution in [3.8, 4) is 11.3 Å². The Bertz CT molecular complexity index is 919. The number of carbonyl (C=O) groups is 1. The van der Waals surface area contributed by atoms with Crippen LogP contribution < -0.4 is 10.5 Å². The van der Waals surface area contributed by atoms with E-state index in [0.29, 0.717) is 18.2 Å². The molecule has 0 amide bonds. The quantitative estimate of drug-likeness (QED) is 0.868. The lowest BCUT2D eigenvalue weighted by molar-refractivity contribution is 0.0695. The molecule has 2 saturated heterocycles. The Hall–Kier alpha value is -2.60. The van der Waals surface area contributed by atoms with Crippen molar-refractivity contribution >= 4 is 11.7 Å². The number of likely N-dealkylation sites (tertiary alicyclic amines) is 1. The predicted octanol–water partition coefficient (Wildman–Crippen LogP) is 2.44. The van der Waals surface area contributed by atoms with Gasteiger partial charge in [-0.1, -0.05) is 19.1 Å². The average molecular weight is 367 g/mol. The van der Waals surface area contributed by atoms with Gasteiger partial charge < -0.3 is 19.9 Å². The minimum absolute atomic E-state index is 0.208. The zero-order valence-corrected chi connectivity index (χ0v) is 15.7. The molecule has 6 nitrogen and oxygen atoms in total. The highest BCUT2D eigenvalue weighted by Gasteiger charge is 2.39. The highest BCUT2D eigenvalue weighted by molar-refractivity contribution is 5.88. The summed E-state index contributed by atoms with van der Waals surface area (Å²) in [5, 5.41) is 9.16. The molecule has 142 valence electrons. The number of carboxylic acid groups (broad SMARTS) is 1. The largest absolute Gasteiger partial charge is 0.477 e. The highest BCUT2D eigenvalue weighted by Crippen LogP contribution is 2.34. The summed E-state index contributed by atoms with van der Waals surface area (Å²) in [6.45, 7) is 5.31. The Morgan fingerprint density at radius 1 is 1.26 bits per heavy atom. The summed E-state index contributed by atoms with van der Waals surface area (Å²) < 4.78 is 0. The molecule has 2 N–H and O–H groups in total. The molecular weight excluding hydrogens is 342 g/mol. The number of pyridine rings is 1. The molecule has 3 heterocycles. The first-order valence-corrected chi connectivity index (χ1v) is 9.53. The number of hydrogen-bond acceptors (Lipinski definition) is 4. The number of aromatic carboxylic acids is 1. The number of hydrogen-bond donors (Lipinski definition) is 2. The van der Waals surface area contributed by atoms with Crippen LogP contribution in [-0.4, -0.2) is 53.7 Å². The lowest BCUT2D eigenvalue weighted by Gasteiger charge is -2.22.